The van der Waals surface area contributed by atoms with Gasteiger partial charge in [-0.3, -0.25) is 10.3 Å². The third-order valence-corrected chi connectivity index (χ3v) is 10.3. The van der Waals surface area contributed by atoms with Gasteiger partial charge in [0.15, 0.2) is 0 Å². The van der Waals surface area contributed by atoms with Gasteiger partial charge in [-0.05, 0) is 60.2 Å². The summed E-state index contributed by atoms with van der Waals surface area (Å²) < 4.78 is 33.0. The second-order valence-corrected chi connectivity index (χ2v) is 12.4. The van der Waals surface area contributed by atoms with E-state index in [9.17, 15) is 8.42 Å². The molecule has 4 rings (SSSR count). The third-order valence-electron chi connectivity index (χ3n) is 5.95. The zero-order valence-electron chi connectivity index (χ0n) is 19.8. The number of hydrogen-bond acceptors (Lipinski definition) is 8. The fourth-order valence-corrected chi connectivity index (χ4v) is 7.96. The molecule has 1 fully saturated rings. The first kappa shape index (κ1) is 25.7. The van der Waals surface area contributed by atoms with Crippen LogP contribution in [0.15, 0.2) is 62.5 Å². The first-order valence-electron chi connectivity index (χ1n) is 11.3. The molecule has 2 heterocycles. The second-order valence-electron chi connectivity index (χ2n) is 8.32. The lowest BCUT2D eigenvalue weighted by molar-refractivity contribution is 0.0398. The number of benzene rings is 2. The van der Waals surface area contributed by atoms with Crippen molar-refractivity contribution in [2.45, 2.75) is 20.9 Å². The fourth-order valence-electron chi connectivity index (χ4n) is 4.06. The molecule has 0 bridgehead atoms. The molecule has 186 valence electrons. The summed E-state index contributed by atoms with van der Waals surface area (Å²) in [5.41, 5.74) is 9.55. The zero-order valence-corrected chi connectivity index (χ0v) is 22.3. The van der Waals surface area contributed by atoms with E-state index < -0.39 is 9.84 Å². The molecule has 1 saturated heterocycles. The van der Waals surface area contributed by atoms with Crippen molar-refractivity contribution < 1.29 is 13.2 Å². The number of nitrogens with one attached hydrogen (secondary N) is 2. The minimum Gasteiger partial charge on any atom is -0.384 e. The Morgan fingerprint density at radius 3 is 2.66 bits per heavy atom. The van der Waals surface area contributed by atoms with Gasteiger partial charge in [0.1, 0.15) is 5.84 Å². The Labute approximate surface area is 215 Å². The molecule has 1 aromatic heterocycles. The summed E-state index contributed by atoms with van der Waals surface area (Å²) in [6.45, 7) is 7.39. The van der Waals surface area contributed by atoms with E-state index in [1.165, 1.54) is 29.2 Å². The second kappa shape index (κ2) is 11.1. The number of hydrogen-bond donors (Lipinski definition) is 3. The van der Waals surface area contributed by atoms with E-state index in [0.29, 0.717) is 9.09 Å². The predicted octanol–water partition coefficient (Wildman–Crippen LogP) is 4.31. The third kappa shape index (κ3) is 5.90. The number of anilines is 1. The van der Waals surface area contributed by atoms with Crippen molar-refractivity contribution in [1.82, 2.24) is 4.90 Å². The number of aryl methyl sites for hydroxylation is 1. The molecule has 2 aromatic carbocycles. The first-order chi connectivity index (χ1) is 16.8. The van der Waals surface area contributed by atoms with Crippen LogP contribution in [-0.4, -0.2) is 64.8 Å². The molecule has 0 radical (unpaired) electrons. The first-order valence-corrected chi connectivity index (χ1v) is 14.8. The van der Waals surface area contributed by atoms with E-state index in [-0.39, 0.29) is 15.6 Å². The lowest BCUT2D eigenvalue weighted by Crippen LogP contribution is -2.39. The Morgan fingerprint density at radius 2 is 1.97 bits per heavy atom. The lowest BCUT2D eigenvalue weighted by Gasteiger charge is -2.26. The molecule has 4 N–H and O–H groups in total. The van der Waals surface area contributed by atoms with Crippen molar-refractivity contribution in [2.75, 3.05) is 51.0 Å². The number of sulfone groups is 1. The average molecular weight is 531 g/mol. The molecular weight excluding hydrogens is 501 g/mol. The summed E-state index contributed by atoms with van der Waals surface area (Å²) in [4.78, 5) is 3.27. The van der Waals surface area contributed by atoms with Crippen molar-refractivity contribution in [3.05, 3.63) is 59.0 Å². The summed E-state index contributed by atoms with van der Waals surface area (Å²) in [5.74, 6) is -0.130. The molecule has 0 unspecified atom stereocenters. The number of amidine groups is 1. The SMILES string of the molecule is CSc1sc(C(=N)N)cc1S(=O)(=O)c1cccc(-c2ccc(NCCN3CCOCC3)cc2C)c1. The van der Waals surface area contributed by atoms with Crippen LogP contribution in [0.5, 0.6) is 0 Å². The zero-order chi connectivity index (χ0) is 25.0. The molecule has 1 aliphatic rings. The van der Waals surface area contributed by atoms with Crippen molar-refractivity contribution in [1.29, 1.82) is 5.41 Å². The molecule has 35 heavy (non-hydrogen) atoms. The maximum absolute atomic E-state index is 13.5. The van der Waals surface area contributed by atoms with Gasteiger partial charge in [0.25, 0.3) is 0 Å². The van der Waals surface area contributed by atoms with Crippen LogP contribution in [0, 0.1) is 12.3 Å². The number of ether oxygens (including phenoxy) is 1. The van der Waals surface area contributed by atoms with Gasteiger partial charge in [0.05, 0.1) is 32.1 Å². The van der Waals surface area contributed by atoms with Crippen LogP contribution in [0.25, 0.3) is 11.1 Å². The highest BCUT2D eigenvalue weighted by Crippen LogP contribution is 2.38. The molecule has 0 atom stereocenters. The van der Waals surface area contributed by atoms with E-state index in [1.807, 2.05) is 31.4 Å². The number of nitrogen functional groups attached to an aromatic ring is 1. The van der Waals surface area contributed by atoms with Crippen LogP contribution < -0.4 is 11.1 Å². The van der Waals surface area contributed by atoms with E-state index in [1.54, 1.807) is 18.2 Å². The van der Waals surface area contributed by atoms with E-state index >= 15 is 0 Å². The summed E-state index contributed by atoms with van der Waals surface area (Å²) in [6, 6.07) is 14.7. The normalized spacial score (nSPS) is 14.7. The van der Waals surface area contributed by atoms with Crippen LogP contribution in [0.1, 0.15) is 10.4 Å². The average Bonchev–Trinajstić information content (AvgIpc) is 3.31. The van der Waals surface area contributed by atoms with Crippen molar-refractivity contribution in [3.8, 4) is 11.1 Å². The van der Waals surface area contributed by atoms with Gasteiger partial charge in [0.2, 0.25) is 9.84 Å². The number of nitrogens with two attached hydrogens (primary N) is 1. The van der Waals surface area contributed by atoms with Crippen LogP contribution in [0.2, 0.25) is 0 Å². The number of morpholine rings is 1. The van der Waals surface area contributed by atoms with Crippen LogP contribution in [0.3, 0.4) is 0 Å². The maximum Gasteiger partial charge on any atom is 0.208 e. The molecule has 3 aromatic rings. The van der Waals surface area contributed by atoms with Gasteiger partial charge in [-0.1, -0.05) is 18.2 Å². The number of nitrogens with zero attached hydrogens (tertiary/aromatic N) is 1. The standard InChI is InChI=1S/C25H30N4O3S3/c1-17-14-19(28-8-9-29-10-12-32-13-11-29)6-7-21(17)18-4-3-5-20(15-18)35(30,31)23-16-22(24(26)27)34-25(23)33-2/h3-7,14-16,28H,8-13H2,1-2H3,(H3,26,27). The highest BCUT2D eigenvalue weighted by molar-refractivity contribution is 8.01. The van der Waals surface area contributed by atoms with Crippen molar-refractivity contribution >= 4 is 44.5 Å². The minimum atomic E-state index is -3.76. The smallest absolute Gasteiger partial charge is 0.208 e. The van der Waals surface area contributed by atoms with Crippen molar-refractivity contribution in [2.24, 2.45) is 5.73 Å². The molecule has 7 nitrogen and oxygen atoms in total. The summed E-state index contributed by atoms with van der Waals surface area (Å²) in [5, 5.41) is 11.2. The van der Waals surface area contributed by atoms with Gasteiger partial charge in [-0.15, -0.1) is 23.1 Å². The van der Waals surface area contributed by atoms with Crippen LogP contribution in [-0.2, 0) is 14.6 Å². The van der Waals surface area contributed by atoms with Crippen LogP contribution in [0.4, 0.5) is 5.69 Å². The molecule has 0 amide bonds. The Morgan fingerprint density at radius 1 is 1.20 bits per heavy atom. The number of rotatable bonds is 9. The highest BCUT2D eigenvalue weighted by atomic mass is 32.2. The van der Waals surface area contributed by atoms with Crippen molar-refractivity contribution in [3.63, 3.8) is 0 Å². The Kier molecular flexibility index (Phi) is 8.18. The molecule has 0 spiro atoms. The molecule has 0 aliphatic carbocycles. The summed E-state index contributed by atoms with van der Waals surface area (Å²) in [7, 11) is -3.76. The number of thiophene rings is 1. The Bertz CT molecular complexity index is 1320. The Balaban J connectivity index is 1.54. The van der Waals surface area contributed by atoms with Gasteiger partial charge in [-0.2, -0.15) is 0 Å². The van der Waals surface area contributed by atoms with Gasteiger partial charge in [-0.25, -0.2) is 8.42 Å². The van der Waals surface area contributed by atoms with Gasteiger partial charge < -0.3 is 15.8 Å². The largest absolute Gasteiger partial charge is 0.384 e. The lowest BCUT2D eigenvalue weighted by atomic mass is 10.00. The monoisotopic (exact) mass is 530 g/mol. The molecule has 1 aliphatic heterocycles. The highest BCUT2D eigenvalue weighted by Gasteiger charge is 2.25. The molecule has 0 saturated carbocycles. The minimum absolute atomic E-state index is 0.130. The van der Waals surface area contributed by atoms with E-state index in [0.717, 1.165) is 61.8 Å². The van der Waals surface area contributed by atoms with E-state index in [4.69, 9.17) is 15.9 Å². The number of thioether (sulfide) groups is 1. The molecule has 10 heteroatoms. The maximum atomic E-state index is 13.5. The van der Waals surface area contributed by atoms with E-state index in [2.05, 4.69) is 16.3 Å². The topological polar surface area (TPSA) is 109 Å². The quantitative estimate of drug-likeness (QED) is 0.215. The van der Waals surface area contributed by atoms with Crippen LogP contribution >= 0.6 is 23.1 Å². The fraction of sp³-hybridized carbons (Fsp3) is 0.320. The summed E-state index contributed by atoms with van der Waals surface area (Å²) in [6.07, 6.45) is 1.82. The van der Waals surface area contributed by atoms with Gasteiger partial charge >= 0.3 is 0 Å². The predicted molar refractivity (Wildman–Crippen MR) is 145 cm³/mol. The summed E-state index contributed by atoms with van der Waals surface area (Å²) >= 11 is 2.57. The van der Waals surface area contributed by atoms with Gasteiger partial charge in [0, 0.05) is 31.9 Å². The molecular formula is C25H30N4O3S3. The Hall–Kier alpha value is -2.37.